The molecule has 0 spiro atoms. The summed E-state index contributed by atoms with van der Waals surface area (Å²) in [6.07, 6.45) is 2.50. The summed E-state index contributed by atoms with van der Waals surface area (Å²) in [4.78, 5) is 6.62. The Hall–Kier alpha value is -1.65. The lowest BCUT2D eigenvalue weighted by Crippen LogP contribution is -2.26. The normalized spacial score (nSPS) is 11.1. The third-order valence-corrected chi connectivity index (χ3v) is 3.15. The zero-order chi connectivity index (χ0) is 13.5. The van der Waals surface area contributed by atoms with Crippen LogP contribution in [0.15, 0.2) is 41.1 Å². The molecule has 0 bridgehead atoms. The number of nitrogens with zero attached hydrogens (tertiary/aromatic N) is 2. The zero-order valence-electron chi connectivity index (χ0n) is 11.4. The predicted molar refractivity (Wildman–Crippen MR) is 75.5 cm³/mol. The highest BCUT2D eigenvalue weighted by Gasteiger charge is 2.11. The molecular formula is C15H21N3O. The first-order valence-electron chi connectivity index (χ1n) is 6.65. The summed E-state index contributed by atoms with van der Waals surface area (Å²) in [6.45, 7) is 5.34. The zero-order valence-corrected chi connectivity index (χ0v) is 11.4. The fourth-order valence-corrected chi connectivity index (χ4v) is 2.06. The SMILES string of the molecule is Cc1ocnc1CN(CCCN)Cc1ccccc1. The second-order valence-corrected chi connectivity index (χ2v) is 4.69. The van der Waals surface area contributed by atoms with Gasteiger partial charge in [-0.3, -0.25) is 4.90 Å². The molecule has 0 unspecified atom stereocenters. The van der Waals surface area contributed by atoms with Gasteiger partial charge in [0.15, 0.2) is 6.39 Å². The molecular weight excluding hydrogens is 238 g/mol. The van der Waals surface area contributed by atoms with Crippen LogP contribution in [0.2, 0.25) is 0 Å². The van der Waals surface area contributed by atoms with E-state index in [1.807, 2.05) is 13.0 Å². The van der Waals surface area contributed by atoms with E-state index < -0.39 is 0 Å². The van der Waals surface area contributed by atoms with Crippen LogP contribution in [0.25, 0.3) is 0 Å². The summed E-state index contributed by atoms with van der Waals surface area (Å²) in [5, 5.41) is 0. The maximum absolute atomic E-state index is 5.61. The van der Waals surface area contributed by atoms with Crippen molar-refractivity contribution in [2.24, 2.45) is 5.73 Å². The number of nitrogens with two attached hydrogens (primary N) is 1. The van der Waals surface area contributed by atoms with Crippen molar-refractivity contribution in [3.05, 3.63) is 53.7 Å². The molecule has 0 saturated carbocycles. The number of hydrogen-bond acceptors (Lipinski definition) is 4. The molecule has 0 amide bonds. The quantitative estimate of drug-likeness (QED) is 0.829. The summed E-state index contributed by atoms with van der Waals surface area (Å²) in [5.41, 5.74) is 7.93. The number of oxazole rings is 1. The van der Waals surface area contributed by atoms with Gasteiger partial charge in [0.1, 0.15) is 5.76 Å². The van der Waals surface area contributed by atoms with Crippen molar-refractivity contribution in [1.82, 2.24) is 9.88 Å². The average Bonchev–Trinajstić information content (AvgIpc) is 2.83. The molecule has 2 aromatic rings. The van der Waals surface area contributed by atoms with Crippen LogP contribution in [0.5, 0.6) is 0 Å². The van der Waals surface area contributed by atoms with Gasteiger partial charge >= 0.3 is 0 Å². The smallest absolute Gasteiger partial charge is 0.181 e. The first kappa shape index (κ1) is 13.8. The summed E-state index contributed by atoms with van der Waals surface area (Å²) in [6, 6.07) is 10.5. The summed E-state index contributed by atoms with van der Waals surface area (Å²) in [7, 11) is 0. The monoisotopic (exact) mass is 259 g/mol. The van der Waals surface area contributed by atoms with E-state index in [4.69, 9.17) is 10.2 Å². The molecule has 0 radical (unpaired) electrons. The summed E-state index contributed by atoms with van der Waals surface area (Å²) < 4.78 is 5.26. The Morgan fingerprint density at radius 1 is 1.21 bits per heavy atom. The molecule has 1 aromatic carbocycles. The van der Waals surface area contributed by atoms with Crippen molar-refractivity contribution in [3.63, 3.8) is 0 Å². The fourth-order valence-electron chi connectivity index (χ4n) is 2.06. The van der Waals surface area contributed by atoms with Crippen LogP contribution in [0, 0.1) is 6.92 Å². The van der Waals surface area contributed by atoms with Crippen molar-refractivity contribution in [2.45, 2.75) is 26.4 Å². The van der Waals surface area contributed by atoms with Crippen molar-refractivity contribution in [3.8, 4) is 0 Å². The van der Waals surface area contributed by atoms with Crippen LogP contribution in [-0.4, -0.2) is 23.0 Å². The molecule has 4 nitrogen and oxygen atoms in total. The van der Waals surface area contributed by atoms with Crippen molar-refractivity contribution in [2.75, 3.05) is 13.1 Å². The Balaban J connectivity index is 2.01. The second-order valence-electron chi connectivity index (χ2n) is 4.69. The number of benzene rings is 1. The van der Waals surface area contributed by atoms with Gasteiger partial charge in [0.2, 0.25) is 0 Å². The second kappa shape index (κ2) is 7.07. The maximum atomic E-state index is 5.61. The lowest BCUT2D eigenvalue weighted by Gasteiger charge is -2.21. The molecule has 0 saturated heterocycles. The first-order chi connectivity index (χ1) is 9.29. The lowest BCUT2D eigenvalue weighted by atomic mass is 10.2. The molecule has 102 valence electrons. The van der Waals surface area contributed by atoms with Gasteiger partial charge in [-0.25, -0.2) is 4.98 Å². The van der Waals surface area contributed by atoms with Crippen LogP contribution in [-0.2, 0) is 13.1 Å². The van der Waals surface area contributed by atoms with Crippen molar-refractivity contribution in [1.29, 1.82) is 0 Å². The van der Waals surface area contributed by atoms with E-state index >= 15 is 0 Å². The van der Waals surface area contributed by atoms with Gasteiger partial charge in [-0.15, -0.1) is 0 Å². The summed E-state index contributed by atoms with van der Waals surface area (Å²) in [5.74, 6) is 0.894. The van der Waals surface area contributed by atoms with E-state index in [0.29, 0.717) is 6.54 Å². The van der Waals surface area contributed by atoms with Gasteiger partial charge in [0.25, 0.3) is 0 Å². The number of aryl methyl sites for hydroxylation is 1. The molecule has 19 heavy (non-hydrogen) atoms. The van der Waals surface area contributed by atoms with E-state index in [0.717, 1.165) is 37.5 Å². The topological polar surface area (TPSA) is 55.3 Å². The maximum Gasteiger partial charge on any atom is 0.181 e. The molecule has 1 aromatic heterocycles. The van der Waals surface area contributed by atoms with E-state index in [9.17, 15) is 0 Å². The molecule has 0 aliphatic heterocycles. The average molecular weight is 259 g/mol. The van der Waals surface area contributed by atoms with Gasteiger partial charge in [-0.1, -0.05) is 30.3 Å². The minimum atomic E-state index is 0.711. The Labute approximate surface area is 114 Å². The van der Waals surface area contributed by atoms with Gasteiger partial charge in [-0.05, 0) is 25.5 Å². The van der Waals surface area contributed by atoms with Gasteiger partial charge in [-0.2, -0.15) is 0 Å². The van der Waals surface area contributed by atoms with Crippen LogP contribution >= 0.6 is 0 Å². The van der Waals surface area contributed by atoms with Gasteiger partial charge in [0, 0.05) is 19.6 Å². The Bertz CT molecular complexity index is 481. The minimum Gasteiger partial charge on any atom is -0.448 e. The Morgan fingerprint density at radius 2 is 2.00 bits per heavy atom. The molecule has 0 aliphatic carbocycles. The highest BCUT2D eigenvalue weighted by atomic mass is 16.3. The third kappa shape index (κ3) is 4.19. The highest BCUT2D eigenvalue weighted by Crippen LogP contribution is 2.12. The van der Waals surface area contributed by atoms with Crippen molar-refractivity contribution >= 4 is 0 Å². The van der Waals surface area contributed by atoms with E-state index in [1.165, 1.54) is 12.0 Å². The number of hydrogen-bond donors (Lipinski definition) is 1. The minimum absolute atomic E-state index is 0.711. The molecule has 4 heteroatoms. The van der Waals surface area contributed by atoms with Gasteiger partial charge < -0.3 is 10.2 Å². The number of aromatic nitrogens is 1. The molecule has 0 fully saturated rings. The van der Waals surface area contributed by atoms with Crippen LogP contribution in [0.3, 0.4) is 0 Å². The molecule has 0 aliphatic rings. The van der Waals surface area contributed by atoms with Gasteiger partial charge in [0.05, 0.1) is 5.69 Å². The largest absolute Gasteiger partial charge is 0.448 e. The molecule has 0 atom stereocenters. The molecule has 2 rings (SSSR count). The first-order valence-corrected chi connectivity index (χ1v) is 6.65. The molecule has 1 heterocycles. The standard InChI is InChI=1S/C15H21N3O/c1-13-15(17-12-19-13)11-18(9-5-8-16)10-14-6-3-2-4-7-14/h2-4,6-7,12H,5,8-11,16H2,1H3. The van der Waals surface area contributed by atoms with Crippen LogP contribution in [0.4, 0.5) is 0 Å². The van der Waals surface area contributed by atoms with Crippen molar-refractivity contribution < 1.29 is 4.42 Å². The van der Waals surface area contributed by atoms with Crippen LogP contribution < -0.4 is 5.73 Å². The Morgan fingerprint density at radius 3 is 2.63 bits per heavy atom. The molecule has 2 N–H and O–H groups in total. The highest BCUT2D eigenvalue weighted by molar-refractivity contribution is 5.15. The summed E-state index contributed by atoms with van der Waals surface area (Å²) >= 11 is 0. The third-order valence-electron chi connectivity index (χ3n) is 3.15. The lowest BCUT2D eigenvalue weighted by molar-refractivity contribution is 0.251. The van der Waals surface area contributed by atoms with E-state index in [2.05, 4.69) is 34.1 Å². The van der Waals surface area contributed by atoms with Crippen LogP contribution in [0.1, 0.15) is 23.4 Å². The van der Waals surface area contributed by atoms with E-state index in [-0.39, 0.29) is 0 Å². The van der Waals surface area contributed by atoms with E-state index in [1.54, 1.807) is 0 Å². The predicted octanol–water partition coefficient (Wildman–Crippen LogP) is 2.33. The Kier molecular flexibility index (Phi) is 5.12. The number of rotatable bonds is 7. The fraction of sp³-hybridized carbons (Fsp3) is 0.400.